The molecule has 3 nitrogen and oxygen atoms in total. The predicted molar refractivity (Wildman–Crippen MR) is 65.8 cm³/mol. The van der Waals surface area contributed by atoms with Gasteiger partial charge in [0.05, 0.1) is 11.1 Å². The van der Waals surface area contributed by atoms with E-state index in [1.165, 1.54) is 30.4 Å². The minimum Gasteiger partial charge on any atom is -0.357 e. The molecule has 0 aliphatic carbocycles. The summed E-state index contributed by atoms with van der Waals surface area (Å²) < 4.78 is 12.7. The molecule has 2 rings (SSSR count). The molecule has 0 saturated heterocycles. The van der Waals surface area contributed by atoms with Crippen molar-refractivity contribution in [1.82, 2.24) is 4.98 Å². The molecule has 1 aromatic heterocycles. The molecule has 1 aromatic carbocycles. The Morgan fingerprint density at radius 1 is 1.41 bits per heavy atom. The van der Waals surface area contributed by atoms with Gasteiger partial charge in [-0.25, -0.2) is 9.37 Å². The number of benzene rings is 1. The standard InChI is InChI=1S/C12H11FN2OS/c1-8(16)11-7-15-12(17-11)14-6-9-2-4-10(13)5-3-9/h2-5,7H,6H2,1H3,(H,14,15). The number of ketones is 1. The van der Waals surface area contributed by atoms with Crippen LogP contribution in [0.2, 0.25) is 0 Å². The van der Waals surface area contributed by atoms with Gasteiger partial charge in [0.1, 0.15) is 5.82 Å². The van der Waals surface area contributed by atoms with E-state index in [1.807, 2.05) is 0 Å². The van der Waals surface area contributed by atoms with E-state index in [0.717, 1.165) is 5.56 Å². The maximum Gasteiger partial charge on any atom is 0.183 e. The number of aromatic nitrogens is 1. The SMILES string of the molecule is CC(=O)c1cnc(NCc2ccc(F)cc2)s1. The van der Waals surface area contributed by atoms with Gasteiger partial charge in [-0.2, -0.15) is 0 Å². The van der Waals surface area contributed by atoms with E-state index >= 15 is 0 Å². The molecule has 0 spiro atoms. The zero-order chi connectivity index (χ0) is 12.3. The van der Waals surface area contributed by atoms with Gasteiger partial charge >= 0.3 is 0 Å². The summed E-state index contributed by atoms with van der Waals surface area (Å²) >= 11 is 1.32. The summed E-state index contributed by atoms with van der Waals surface area (Å²) in [6, 6.07) is 6.25. The summed E-state index contributed by atoms with van der Waals surface area (Å²) in [5.74, 6) is -0.237. The first-order chi connectivity index (χ1) is 8.15. The van der Waals surface area contributed by atoms with Crippen molar-refractivity contribution in [3.8, 4) is 0 Å². The Labute approximate surface area is 102 Å². The van der Waals surface area contributed by atoms with Crippen LogP contribution in [0.15, 0.2) is 30.5 Å². The number of rotatable bonds is 4. The first kappa shape index (κ1) is 11.7. The molecule has 0 fully saturated rings. The highest BCUT2D eigenvalue weighted by Gasteiger charge is 2.05. The fourth-order valence-electron chi connectivity index (χ4n) is 1.30. The van der Waals surface area contributed by atoms with Gasteiger partial charge < -0.3 is 5.32 Å². The maximum atomic E-state index is 12.7. The van der Waals surface area contributed by atoms with E-state index < -0.39 is 0 Å². The Kier molecular flexibility index (Phi) is 3.49. The molecule has 0 saturated carbocycles. The average Bonchev–Trinajstić information content (AvgIpc) is 2.77. The largest absolute Gasteiger partial charge is 0.357 e. The summed E-state index contributed by atoms with van der Waals surface area (Å²) in [6.07, 6.45) is 1.56. The number of hydrogen-bond acceptors (Lipinski definition) is 4. The lowest BCUT2D eigenvalue weighted by molar-refractivity contribution is 0.102. The van der Waals surface area contributed by atoms with Gasteiger partial charge in [-0.3, -0.25) is 4.79 Å². The summed E-state index contributed by atoms with van der Waals surface area (Å²) in [5.41, 5.74) is 0.964. The van der Waals surface area contributed by atoms with E-state index in [9.17, 15) is 9.18 Å². The zero-order valence-electron chi connectivity index (χ0n) is 9.24. The number of carbonyl (C=O) groups is 1. The summed E-state index contributed by atoms with van der Waals surface area (Å²) in [6.45, 7) is 2.07. The number of hydrogen-bond donors (Lipinski definition) is 1. The molecule has 2 aromatic rings. The van der Waals surface area contributed by atoms with Gasteiger partial charge in [0.2, 0.25) is 0 Å². The molecule has 5 heteroatoms. The third-order valence-corrected chi connectivity index (χ3v) is 3.27. The van der Waals surface area contributed by atoms with Crippen molar-refractivity contribution in [1.29, 1.82) is 0 Å². The molecule has 1 heterocycles. The Morgan fingerprint density at radius 2 is 2.12 bits per heavy atom. The Hall–Kier alpha value is -1.75. The van der Waals surface area contributed by atoms with Gasteiger partial charge in [-0.05, 0) is 17.7 Å². The highest BCUT2D eigenvalue weighted by Crippen LogP contribution is 2.19. The first-order valence-electron chi connectivity index (χ1n) is 5.10. The molecule has 0 aliphatic heterocycles. The van der Waals surface area contributed by atoms with Crippen LogP contribution in [0.5, 0.6) is 0 Å². The van der Waals surface area contributed by atoms with E-state index in [4.69, 9.17) is 0 Å². The molecule has 17 heavy (non-hydrogen) atoms. The second-order valence-corrected chi connectivity index (χ2v) is 4.60. The number of carbonyl (C=O) groups excluding carboxylic acids is 1. The zero-order valence-corrected chi connectivity index (χ0v) is 10.1. The van der Waals surface area contributed by atoms with E-state index in [0.29, 0.717) is 16.6 Å². The Bertz CT molecular complexity index is 522. The Morgan fingerprint density at radius 3 is 2.71 bits per heavy atom. The van der Waals surface area contributed by atoms with Crippen LogP contribution in [0.4, 0.5) is 9.52 Å². The third kappa shape index (κ3) is 3.10. The normalized spacial score (nSPS) is 10.2. The topological polar surface area (TPSA) is 42.0 Å². The van der Waals surface area contributed by atoms with Crippen LogP contribution in [0, 0.1) is 5.82 Å². The molecule has 1 N–H and O–H groups in total. The molecule has 0 unspecified atom stereocenters. The fourth-order valence-corrected chi connectivity index (χ4v) is 2.01. The lowest BCUT2D eigenvalue weighted by atomic mass is 10.2. The van der Waals surface area contributed by atoms with Gasteiger partial charge in [0.15, 0.2) is 10.9 Å². The average molecular weight is 250 g/mol. The van der Waals surface area contributed by atoms with Crippen molar-refractivity contribution < 1.29 is 9.18 Å². The van der Waals surface area contributed by atoms with Crippen molar-refractivity contribution in [2.45, 2.75) is 13.5 Å². The maximum absolute atomic E-state index is 12.7. The van der Waals surface area contributed by atoms with E-state index in [2.05, 4.69) is 10.3 Å². The molecule has 0 bridgehead atoms. The lowest BCUT2D eigenvalue weighted by Crippen LogP contribution is -1.98. The fraction of sp³-hybridized carbons (Fsp3) is 0.167. The molecule has 0 radical (unpaired) electrons. The van der Waals surface area contributed by atoms with Crippen LogP contribution >= 0.6 is 11.3 Å². The van der Waals surface area contributed by atoms with Crippen LogP contribution < -0.4 is 5.32 Å². The Balaban J connectivity index is 1.97. The third-order valence-electron chi connectivity index (χ3n) is 2.21. The van der Waals surface area contributed by atoms with Crippen LogP contribution in [0.3, 0.4) is 0 Å². The molecule has 0 aliphatic rings. The predicted octanol–water partition coefficient (Wildman–Crippen LogP) is 3.10. The number of anilines is 1. The van der Waals surface area contributed by atoms with Gasteiger partial charge in [0.25, 0.3) is 0 Å². The number of Topliss-reactive ketones (excluding diaryl/α,β-unsaturated/α-hetero) is 1. The molecule has 0 atom stereocenters. The van der Waals surface area contributed by atoms with Gasteiger partial charge in [-0.15, -0.1) is 0 Å². The van der Waals surface area contributed by atoms with Gasteiger partial charge in [0, 0.05) is 13.5 Å². The molecule has 88 valence electrons. The minimum absolute atomic E-state index is 0.0114. The van der Waals surface area contributed by atoms with Crippen molar-refractivity contribution in [3.63, 3.8) is 0 Å². The van der Waals surface area contributed by atoms with Crippen LogP contribution in [-0.2, 0) is 6.54 Å². The number of halogens is 1. The minimum atomic E-state index is -0.248. The summed E-state index contributed by atoms with van der Waals surface area (Å²) in [4.78, 5) is 15.8. The number of nitrogens with one attached hydrogen (secondary N) is 1. The van der Waals surface area contributed by atoms with E-state index in [-0.39, 0.29) is 11.6 Å². The summed E-state index contributed by atoms with van der Waals surface area (Å²) in [5, 5.41) is 3.78. The monoisotopic (exact) mass is 250 g/mol. The van der Waals surface area contributed by atoms with Crippen molar-refractivity contribution in [2.24, 2.45) is 0 Å². The number of nitrogens with zero attached hydrogens (tertiary/aromatic N) is 1. The molecular weight excluding hydrogens is 239 g/mol. The highest BCUT2D eigenvalue weighted by molar-refractivity contribution is 7.17. The van der Waals surface area contributed by atoms with Crippen LogP contribution in [0.1, 0.15) is 22.2 Å². The quantitative estimate of drug-likeness (QED) is 0.848. The van der Waals surface area contributed by atoms with Crippen LogP contribution in [0.25, 0.3) is 0 Å². The summed E-state index contributed by atoms with van der Waals surface area (Å²) in [7, 11) is 0. The van der Waals surface area contributed by atoms with Crippen molar-refractivity contribution >= 4 is 22.3 Å². The van der Waals surface area contributed by atoms with E-state index in [1.54, 1.807) is 18.3 Å². The van der Waals surface area contributed by atoms with Crippen molar-refractivity contribution in [2.75, 3.05) is 5.32 Å². The molecular formula is C12H11FN2OS. The second-order valence-electron chi connectivity index (χ2n) is 3.57. The second kappa shape index (κ2) is 5.05. The first-order valence-corrected chi connectivity index (χ1v) is 5.92. The molecule has 0 amide bonds. The smallest absolute Gasteiger partial charge is 0.183 e. The van der Waals surface area contributed by atoms with Crippen LogP contribution in [-0.4, -0.2) is 10.8 Å². The number of thiazole rings is 1. The lowest BCUT2D eigenvalue weighted by Gasteiger charge is -2.02. The van der Waals surface area contributed by atoms with Crippen molar-refractivity contribution in [3.05, 3.63) is 46.7 Å². The van der Waals surface area contributed by atoms with Gasteiger partial charge in [-0.1, -0.05) is 23.5 Å². The highest BCUT2D eigenvalue weighted by atomic mass is 32.1.